The molecule has 0 fully saturated rings. The number of hydrogen-bond acceptors (Lipinski definition) is 2. The van der Waals surface area contributed by atoms with Gasteiger partial charge in [-0.25, -0.2) is 0 Å². The monoisotopic (exact) mass is 357 g/mol. The number of fused-ring (bicyclic) bond motifs is 1. The Labute approximate surface area is 158 Å². The van der Waals surface area contributed by atoms with E-state index in [4.69, 9.17) is 12.2 Å². The van der Waals surface area contributed by atoms with Gasteiger partial charge >= 0.3 is 0 Å². The van der Waals surface area contributed by atoms with Crippen LogP contribution < -0.4 is 0 Å². The van der Waals surface area contributed by atoms with E-state index in [2.05, 4.69) is 66.7 Å². The molecule has 0 atom stereocenters. The van der Waals surface area contributed by atoms with Gasteiger partial charge in [0.15, 0.2) is 5.75 Å². The van der Waals surface area contributed by atoms with Gasteiger partial charge in [-0.15, -0.1) is 0 Å². The van der Waals surface area contributed by atoms with Crippen molar-refractivity contribution in [3.63, 3.8) is 0 Å². The van der Waals surface area contributed by atoms with E-state index in [9.17, 15) is 5.11 Å². The van der Waals surface area contributed by atoms with Gasteiger partial charge in [-0.1, -0.05) is 72.9 Å². The Morgan fingerprint density at radius 1 is 0.846 bits per heavy atom. The molecule has 26 heavy (non-hydrogen) atoms. The van der Waals surface area contributed by atoms with E-state index in [1.807, 2.05) is 17.7 Å². The van der Waals surface area contributed by atoms with E-state index in [-0.39, 0.29) is 5.75 Å². The molecule has 0 unspecified atom stereocenters. The average molecular weight is 357 g/mol. The normalized spacial score (nSPS) is 11.0. The predicted molar refractivity (Wildman–Crippen MR) is 110 cm³/mol. The second kappa shape index (κ2) is 6.77. The standard InChI is InChI=1S/C23H19NOS/c1-16-23(25)22(26)12-13-24(16)15-17-6-8-19(9-7-17)21-11-10-18-4-2-3-5-20(18)14-21/h2-14,25H,15H2,1H3. The maximum absolute atomic E-state index is 10.0. The van der Waals surface area contributed by atoms with Crippen LogP contribution in [0.3, 0.4) is 0 Å². The van der Waals surface area contributed by atoms with Crippen LogP contribution in [0.5, 0.6) is 5.75 Å². The van der Waals surface area contributed by atoms with Gasteiger partial charge in [0.05, 0.1) is 10.2 Å². The molecule has 3 aromatic carbocycles. The van der Waals surface area contributed by atoms with Gasteiger partial charge in [-0.2, -0.15) is 0 Å². The van der Waals surface area contributed by atoms with E-state index in [0.717, 1.165) is 5.69 Å². The van der Waals surface area contributed by atoms with Crippen molar-refractivity contribution in [3.8, 4) is 16.9 Å². The molecule has 0 amide bonds. The molecular weight excluding hydrogens is 338 g/mol. The first-order valence-electron chi connectivity index (χ1n) is 8.59. The summed E-state index contributed by atoms with van der Waals surface area (Å²) >= 11 is 5.11. The Morgan fingerprint density at radius 2 is 1.54 bits per heavy atom. The highest BCUT2D eigenvalue weighted by Crippen LogP contribution is 2.25. The van der Waals surface area contributed by atoms with Crippen molar-refractivity contribution in [2.75, 3.05) is 0 Å². The highest BCUT2D eigenvalue weighted by atomic mass is 32.1. The smallest absolute Gasteiger partial charge is 0.152 e. The van der Waals surface area contributed by atoms with Gasteiger partial charge < -0.3 is 9.67 Å². The number of rotatable bonds is 3. The van der Waals surface area contributed by atoms with Crippen LogP contribution in [0.1, 0.15) is 11.3 Å². The first-order chi connectivity index (χ1) is 12.6. The van der Waals surface area contributed by atoms with Crippen molar-refractivity contribution in [1.82, 2.24) is 4.57 Å². The zero-order valence-electron chi connectivity index (χ0n) is 14.5. The Bertz CT molecular complexity index is 1140. The van der Waals surface area contributed by atoms with Crippen molar-refractivity contribution in [1.29, 1.82) is 0 Å². The molecule has 2 nitrogen and oxygen atoms in total. The zero-order valence-corrected chi connectivity index (χ0v) is 15.3. The lowest BCUT2D eigenvalue weighted by atomic mass is 10.0. The van der Waals surface area contributed by atoms with Gasteiger partial charge in [0.1, 0.15) is 0 Å². The third-order valence-electron chi connectivity index (χ3n) is 4.80. The summed E-state index contributed by atoms with van der Waals surface area (Å²) in [6, 6.07) is 25.3. The van der Waals surface area contributed by atoms with E-state index in [0.29, 0.717) is 11.1 Å². The van der Waals surface area contributed by atoms with Crippen LogP contribution in [0.15, 0.2) is 79.0 Å². The lowest BCUT2D eigenvalue weighted by Gasteiger charge is -2.13. The minimum atomic E-state index is 0.190. The molecule has 0 saturated carbocycles. The fraction of sp³-hybridized carbons (Fsp3) is 0.0870. The summed E-state index contributed by atoms with van der Waals surface area (Å²) in [6.07, 6.45) is 1.93. The fourth-order valence-corrected chi connectivity index (χ4v) is 3.41. The second-order valence-electron chi connectivity index (χ2n) is 6.50. The number of aromatic hydroxyl groups is 1. The number of benzene rings is 3. The Morgan fingerprint density at radius 3 is 2.31 bits per heavy atom. The molecule has 0 saturated heterocycles. The van der Waals surface area contributed by atoms with Crippen molar-refractivity contribution in [3.05, 3.63) is 94.8 Å². The SMILES string of the molecule is Cc1c(O)c(=S)ccn1Cc1ccc(-c2ccc3ccccc3c2)cc1. The molecule has 0 spiro atoms. The molecule has 128 valence electrons. The topological polar surface area (TPSA) is 25.2 Å². The van der Waals surface area contributed by atoms with E-state index < -0.39 is 0 Å². The lowest BCUT2D eigenvalue weighted by Crippen LogP contribution is -2.04. The van der Waals surface area contributed by atoms with Crippen LogP contribution in [0, 0.1) is 11.4 Å². The molecule has 0 aliphatic heterocycles. The van der Waals surface area contributed by atoms with Gasteiger partial charge in [0.2, 0.25) is 0 Å². The summed E-state index contributed by atoms with van der Waals surface area (Å²) in [4.78, 5) is 0. The van der Waals surface area contributed by atoms with Gasteiger partial charge in [-0.05, 0) is 46.5 Å². The van der Waals surface area contributed by atoms with Crippen LogP contribution >= 0.6 is 12.2 Å². The molecule has 0 aliphatic carbocycles. The molecule has 4 aromatic rings. The first-order valence-corrected chi connectivity index (χ1v) is 9.00. The molecule has 0 bridgehead atoms. The number of aromatic nitrogens is 1. The second-order valence-corrected chi connectivity index (χ2v) is 6.94. The van der Waals surface area contributed by atoms with E-state index in [1.165, 1.54) is 27.5 Å². The van der Waals surface area contributed by atoms with Gasteiger partial charge in [0, 0.05) is 12.7 Å². The van der Waals surface area contributed by atoms with Gasteiger partial charge in [-0.3, -0.25) is 0 Å². The van der Waals surface area contributed by atoms with Crippen molar-refractivity contribution in [2.24, 2.45) is 0 Å². The summed E-state index contributed by atoms with van der Waals surface area (Å²) in [6.45, 7) is 2.58. The Hall–Kier alpha value is -2.91. The fourth-order valence-electron chi connectivity index (χ4n) is 3.20. The van der Waals surface area contributed by atoms with Crippen LogP contribution in [0.2, 0.25) is 0 Å². The average Bonchev–Trinajstić information content (AvgIpc) is 2.68. The van der Waals surface area contributed by atoms with Crippen LogP contribution in [-0.2, 0) is 6.54 Å². The summed E-state index contributed by atoms with van der Waals surface area (Å²) in [5.41, 5.74) is 4.38. The Balaban J connectivity index is 1.62. The zero-order chi connectivity index (χ0) is 18.1. The van der Waals surface area contributed by atoms with Crippen molar-refractivity contribution >= 4 is 23.0 Å². The summed E-state index contributed by atoms with van der Waals surface area (Å²) in [7, 11) is 0. The van der Waals surface area contributed by atoms with Crippen molar-refractivity contribution in [2.45, 2.75) is 13.5 Å². The van der Waals surface area contributed by atoms with Crippen LogP contribution in [-0.4, -0.2) is 9.67 Å². The largest absolute Gasteiger partial charge is 0.505 e. The predicted octanol–water partition coefficient (Wildman–Crippen LogP) is 6.10. The summed E-state index contributed by atoms with van der Waals surface area (Å²) in [5, 5.41) is 12.5. The van der Waals surface area contributed by atoms with Crippen LogP contribution in [0.4, 0.5) is 0 Å². The third kappa shape index (κ3) is 3.14. The van der Waals surface area contributed by atoms with Crippen molar-refractivity contribution < 1.29 is 5.11 Å². The minimum absolute atomic E-state index is 0.190. The van der Waals surface area contributed by atoms with E-state index in [1.54, 1.807) is 6.07 Å². The highest BCUT2D eigenvalue weighted by Gasteiger charge is 2.05. The number of nitrogens with zero attached hydrogens (tertiary/aromatic N) is 1. The third-order valence-corrected chi connectivity index (χ3v) is 5.13. The minimum Gasteiger partial charge on any atom is -0.505 e. The number of pyridine rings is 1. The quantitative estimate of drug-likeness (QED) is 0.448. The van der Waals surface area contributed by atoms with E-state index >= 15 is 0 Å². The first kappa shape index (κ1) is 16.6. The molecule has 0 aliphatic rings. The maximum atomic E-state index is 10.0. The molecule has 4 rings (SSSR count). The molecule has 3 heteroatoms. The number of hydrogen-bond donors (Lipinski definition) is 1. The molecule has 1 N–H and O–H groups in total. The molecule has 1 heterocycles. The van der Waals surface area contributed by atoms with Gasteiger partial charge in [0.25, 0.3) is 0 Å². The molecule has 0 radical (unpaired) electrons. The Kier molecular flexibility index (Phi) is 4.31. The lowest BCUT2D eigenvalue weighted by molar-refractivity contribution is 0.458. The van der Waals surface area contributed by atoms with Crippen LogP contribution in [0.25, 0.3) is 21.9 Å². The molecular formula is C23H19NOS. The summed E-state index contributed by atoms with van der Waals surface area (Å²) < 4.78 is 2.50. The maximum Gasteiger partial charge on any atom is 0.152 e. The summed E-state index contributed by atoms with van der Waals surface area (Å²) in [5.74, 6) is 0.190. The highest BCUT2D eigenvalue weighted by molar-refractivity contribution is 7.71. The molecule has 1 aromatic heterocycles.